The fraction of sp³-hybridized carbons (Fsp3) is 0.353. The summed E-state index contributed by atoms with van der Waals surface area (Å²) in [6.45, 7) is 1.73. The van der Waals surface area contributed by atoms with Gasteiger partial charge in [-0.3, -0.25) is 10.1 Å². The maximum absolute atomic E-state index is 11.0. The molecule has 0 bridgehead atoms. The Labute approximate surface area is 135 Å². The Balaban J connectivity index is 1.85. The molecule has 2 atom stereocenters. The molecule has 0 amide bonds. The van der Waals surface area contributed by atoms with Gasteiger partial charge in [-0.1, -0.05) is 30.3 Å². The lowest BCUT2D eigenvalue weighted by atomic mass is 10.1. The molecule has 2 rings (SSSR count). The van der Waals surface area contributed by atoms with Gasteiger partial charge in [-0.15, -0.1) is 0 Å². The minimum Gasteiger partial charge on any atom is -0.480 e. The first-order valence-electron chi connectivity index (χ1n) is 7.54. The summed E-state index contributed by atoms with van der Waals surface area (Å²) in [6, 6.07) is 9.13. The molecular weight excluding hydrogens is 294 g/mol. The van der Waals surface area contributed by atoms with Crippen molar-refractivity contribution in [2.24, 2.45) is 0 Å². The Morgan fingerprint density at radius 1 is 1.13 bits per heavy atom. The Morgan fingerprint density at radius 3 is 2.35 bits per heavy atom. The number of nitrogens with zero attached hydrogens (tertiary/aromatic N) is 2. The lowest BCUT2D eigenvalue weighted by Crippen LogP contribution is -2.44. The Bertz CT molecular complexity index is 615. The molecule has 1 heterocycles. The van der Waals surface area contributed by atoms with Crippen molar-refractivity contribution in [2.75, 3.05) is 0 Å². The van der Waals surface area contributed by atoms with Crippen LogP contribution in [0.3, 0.4) is 0 Å². The van der Waals surface area contributed by atoms with Crippen LogP contribution in [-0.4, -0.2) is 38.3 Å². The molecule has 1 aromatic heterocycles. The van der Waals surface area contributed by atoms with E-state index in [-0.39, 0.29) is 0 Å². The van der Waals surface area contributed by atoms with Gasteiger partial charge in [0.1, 0.15) is 11.9 Å². The summed E-state index contributed by atoms with van der Waals surface area (Å²) in [4.78, 5) is 19.6. The Kier molecular flexibility index (Phi) is 6.19. The van der Waals surface area contributed by atoms with Crippen molar-refractivity contribution < 1.29 is 15.0 Å². The molecule has 3 N–H and O–H groups in total. The average Bonchev–Trinajstić information content (AvgIpc) is 2.54. The van der Waals surface area contributed by atoms with Gasteiger partial charge in [-0.05, 0) is 18.9 Å². The molecule has 1 aromatic carbocycles. The summed E-state index contributed by atoms with van der Waals surface area (Å²) in [6.07, 6.45) is 4.02. The summed E-state index contributed by atoms with van der Waals surface area (Å²) < 4.78 is 0. The van der Waals surface area contributed by atoms with Crippen molar-refractivity contribution in [1.82, 2.24) is 15.3 Å². The van der Waals surface area contributed by atoms with Gasteiger partial charge in [0.15, 0.2) is 0 Å². The van der Waals surface area contributed by atoms with Crippen LogP contribution in [-0.2, 0) is 24.2 Å². The van der Waals surface area contributed by atoms with Crippen LogP contribution < -0.4 is 5.32 Å². The molecular formula is C17H21N3O3. The molecule has 23 heavy (non-hydrogen) atoms. The van der Waals surface area contributed by atoms with Crippen LogP contribution in [0.5, 0.6) is 0 Å². The molecule has 6 heteroatoms. The molecule has 0 saturated heterocycles. The molecule has 2 aromatic rings. The van der Waals surface area contributed by atoms with Gasteiger partial charge >= 0.3 is 5.97 Å². The lowest BCUT2D eigenvalue weighted by molar-refractivity contribution is -0.142. The van der Waals surface area contributed by atoms with E-state index in [9.17, 15) is 9.90 Å². The topological polar surface area (TPSA) is 95.3 Å². The lowest BCUT2D eigenvalue weighted by Gasteiger charge is -2.16. The second-order valence-corrected chi connectivity index (χ2v) is 5.43. The summed E-state index contributed by atoms with van der Waals surface area (Å²) in [5.74, 6) is -0.330. The van der Waals surface area contributed by atoms with Gasteiger partial charge in [0.05, 0.1) is 6.10 Å². The zero-order valence-corrected chi connectivity index (χ0v) is 13.0. The number of aryl methyl sites for hydroxylation is 2. The van der Waals surface area contributed by atoms with Crippen molar-refractivity contribution in [2.45, 2.75) is 38.5 Å². The number of carbonyl (C=O) groups is 1. The highest BCUT2D eigenvalue weighted by Crippen LogP contribution is 2.05. The van der Waals surface area contributed by atoms with Gasteiger partial charge in [-0.2, -0.15) is 0 Å². The smallest absolute Gasteiger partial charge is 0.323 e. The zero-order valence-electron chi connectivity index (χ0n) is 13.0. The molecule has 0 aliphatic carbocycles. The molecule has 0 unspecified atom stereocenters. The largest absolute Gasteiger partial charge is 0.480 e. The molecule has 0 aliphatic rings. The van der Waals surface area contributed by atoms with Crippen molar-refractivity contribution in [1.29, 1.82) is 0 Å². The average molecular weight is 315 g/mol. The highest BCUT2D eigenvalue weighted by atomic mass is 16.4. The number of nitrogens with one attached hydrogen (secondary N) is 1. The quantitative estimate of drug-likeness (QED) is 0.677. The number of benzene rings is 1. The third-order valence-corrected chi connectivity index (χ3v) is 3.51. The summed E-state index contributed by atoms with van der Waals surface area (Å²) in [5.41, 5.74) is 2.02. The normalized spacial score (nSPS) is 13.5. The summed E-state index contributed by atoms with van der Waals surface area (Å²) in [7, 11) is 0. The third-order valence-electron chi connectivity index (χ3n) is 3.51. The number of aliphatic carboxylic acids is 1. The van der Waals surface area contributed by atoms with Crippen molar-refractivity contribution in [3.05, 3.63) is 59.7 Å². The summed E-state index contributed by atoms with van der Waals surface area (Å²) >= 11 is 0. The Morgan fingerprint density at radius 2 is 1.78 bits per heavy atom. The number of rotatable bonds is 8. The van der Waals surface area contributed by atoms with Crippen molar-refractivity contribution in [3.63, 3.8) is 0 Å². The van der Waals surface area contributed by atoms with E-state index in [1.165, 1.54) is 12.5 Å². The highest BCUT2D eigenvalue weighted by molar-refractivity contribution is 5.74. The van der Waals surface area contributed by atoms with Crippen LogP contribution in [0.25, 0.3) is 0 Å². The molecule has 0 radical (unpaired) electrons. The monoisotopic (exact) mass is 315 g/mol. The first kappa shape index (κ1) is 17.1. The first-order valence-corrected chi connectivity index (χ1v) is 7.54. The SMILES string of the molecule is C[C@H](O)[C@H](NCc1cnc(CCc2ccccc2)nc1)C(=O)O. The molecule has 0 spiro atoms. The maximum atomic E-state index is 11.0. The van der Waals surface area contributed by atoms with E-state index in [4.69, 9.17) is 5.11 Å². The predicted molar refractivity (Wildman–Crippen MR) is 85.8 cm³/mol. The van der Waals surface area contributed by atoms with E-state index in [1.54, 1.807) is 12.4 Å². The van der Waals surface area contributed by atoms with Crippen molar-refractivity contribution in [3.8, 4) is 0 Å². The van der Waals surface area contributed by atoms with E-state index in [2.05, 4.69) is 27.4 Å². The number of hydrogen-bond acceptors (Lipinski definition) is 5. The van der Waals surface area contributed by atoms with Gasteiger partial charge in [0, 0.05) is 30.9 Å². The molecule has 0 fully saturated rings. The number of carboxylic acids is 1. The standard InChI is InChI=1S/C17H21N3O3/c1-12(21)16(17(22)23)20-11-14-9-18-15(19-10-14)8-7-13-5-3-2-4-6-13/h2-6,9-10,12,16,20-21H,7-8,11H2,1H3,(H,22,23)/t12-,16-/m0/s1. The maximum Gasteiger partial charge on any atom is 0.323 e. The highest BCUT2D eigenvalue weighted by Gasteiger charge is 2.22. The number of aliphatic hydroxyl groups is 1. The number of hydrogen-bond donors (Lipinski definition) is 3. The third kappa shape index (κ3) is 5.43. The molecule has 122 valence electrons. The minimum atomic E-state index is -1.08. The van der Waals surface area contributed by atoms with E-state index >= 15 is 0 Å². The van der Waals surface area contributed by atoms with Gasteiger partial charge in [-0.25, -0.2) is 9.97 Å². The van der Waals surface area contributed by atoms with E-state index in [1.807, 2.05) is 18.2 Å². The number of carboxylic acid groups (broad SMARTS) is 1. The number of aliphatic hydroxyl groups excluding tert-OH is 1. The van der Waals surface area contributed by atoms with Crippen LogP contribution in [0, 0.1) is 0 Å². The minimum absolute atomic E-state index is 0.292. The van der Waals surface area contributed by atoms with E-state index < -0.39 is 18.1 Å². The van der Waals surface area contributed by atoms with Crippen LogP contribution in [0.15, 0.2) is 42.7 Å². The van der Waals surface area contributed by atoms with Gasteiger partial charge in [0.25, 0.3) is 0 Å². The second kappa shape index (κ2) is 8.36. The summed E-state index contributed by atoms with van der Waals surface area (Å²) in [5, 5.41) is 21.2. The van der Waals surface area contributed by atoms with Crippen LogP contribution in [0.1, 0.15) is 23.9 Å². The predicted octanol–water partition coefficient (Wildman–Crippen LogP) is 1.19. The zero-order chi connectivity index (χ0) is 16.7. The van der Waals surface area contributed by atoms with Crippen LogP contribution >= 0.6 is 0 Å². The van der Waals surface area contributed by atoms with E-state index in [0.717, 1.165) is 24.2 Å². The first-order chi connectivity index (χ1) is 11.1. The van der Waals surface area contributed by atoms with E-state index in [0.29, 0.717) is 6.54 Å². The Hall–Kier alpha value is -2.31. The molecule has 0 aliphatic heterocycles. The van der Waals surface area contributed by atoms with Gasteiger partial charge in [0.2, 0.25) is 0 Å². The fourth-order valence-corrected chi connectivity index (χ4v) is 2.19. The van der Waals surface area contributed by atoms with Gasteiger partial charge < -0.3 is 10.2 Å². The fourth-order valence-electron chi connectivity index (χ4n) is 2.19. The molecule has 0 saturated carbocycles. The molecule has 6 nitrogen and oxygen atoms in total. The van der Waals surface area contributed by atoms with Crippen LogP contribution in [0.4, 0.5) is 0 Å². The van der Waals surface area contributed by atoms with Crippen LogP contribution in [0.2, 0.25) is 0 Å². The van der Waals surface area contributed by atoms with Crippen molar-refractivity contribution >= 4 is 5.97 Å². The number of aromatic nitrogens is 2. The second-order valence-electron chi connectivity index (χ2n) is 5.43.